The second kappa shape index (κ2) is 46.0. The average molecular weight is 1450 g/mol. The molecule has 0 aromatic rings. The number of ether oxygens (including phenoxy) is 5. The van der Waals surface area contributed by atoms with Crippen molar-refractivity contribution in [3.05, 3.63) is 0 Å². The second-order valence-corrected chi connectivity index (χ2v) is 13.4. The molecule has 0 saturated carbocycles. The lowest BCUT2D eigenvalue weighted by Gasteiger charge is -2.37. The third kappa shape index (κ3) is 41.3. The number of halogens is 41. The number of carbonyl (C=O) groups is 3. The third-order valence-electron chi connectivity index (χ3n) is 6.48. The zero-order valence-corrected chi connectivity index (χ0v) is 43.7. The number of nitrogens with two attached hydrogens (primary N) is 2. The molecule has 2 amide bonds. The molecule has 540 valence electrons. The van der Waals surface area contributed by atoms with Crippen molar-refractivity contribution in [3.63, 3.8) is 0 Å². The second-order valence-electron chi connectivity index (χ2n) is 13.0. The van der Waals surface area contributed by atoms with Crippen molar-refractivity contribution < 1.29 is 214 Å². The minimum atomic E-state index is -7.14. The van der Waals surface area contributed by atoms with Crippen LogP contribution in [0.2, 0.25) is 0 Å². The van der Waals surface area contributed by atoms with E-state index >= 15 is 0 Å². The van der Waals surface area contributed by atoms with Crippen molar-refractivity contribution in [2.45, 2.75) is 112 Å². The summed E-state index contributed by atoms with van der Waals surface area (Å²) in [5.74, 6) is -38.6. The van der Waals surface area contributed by atoms with Crippen molar-refractivity contribution in [1.29, 1.82) is 0 Å². The Morgan fingerprint density at radius 3 is 0.943 bits per heavy atom. The summed E-state index contributed by atoms with van der Waals surface area (Å²) in [5, 5.41) is -1.45. The van der Waals surface area contributed by atoms with Crippen LogP contribution < -0.4 is 22.1 Å². The summed E-state index contributed by atoms with van der Waals surface area (Å²) in [6, 6.07) is 0. The maximum Gasteiger partial charge on any atom is 0.483 e. The average Bonchev–Trinajstić information content (AvgIpc) is 3.30. The van der Waals surface area contributed by atoms with Crippen molar-refractivity contribution in [1.82, 2.24) is 10.6 Å². The molecule has 6 N–H and O–H groups in total. The summed E-state index contributed by atoms with van der Waals surface area (Å²) >= 11 is 3.97. The highest BCUT2D eigenvalue weighted by Crippen LogP contribution is 2.52. The Kier molecular flexibility index (Phi) is 53.7. The summed E-state index contributed by atoms with van der Waals surface area (Å²) < 4.78 is 492. The fourth-order valence-electron chi connectivity index (χ4n) is 3.22. The maximum atomic E-state index is 13.8. The van der Waals surface area contributed by atoms with Gasteiger partial charge in [-0.3, -0.25) is 32.6 Å². The van der Waals surface area contributed by atoms with E-state index in [1.165, 1.54) is 13.8 Å². The van der Waals surface area contributed by atoms with Crippen LogP contribution in [0.15, 0.2) is 0 Å². The molecule has 0 aliphatic rings. The number of alkyl halides is 40. The Balaban J connectivity index is -0.000000171. The van der Waals surface area contributed by atoms with Crippen LogP contribution in [0.4, 0.5) is 176 Å². The molecule has 0 fully saturated rings. The molecular weight excluding hydrogens is 1400 g/mol. The van der Waals surface area contributed by atoms with E-state index < -0.39 is 169 Å². The van der Waals surface area contributed by atoms with E-state index in [9.17, 15) is 190 Å². The van der Waals surface area contributed by atoms with Crippen LogP contribution in [0.25, 0.3) is 0 Å². The first-order valence-electron chi connectivity index (χ1n) is 20.7. The monoisotopic (exact) mass is 1440 g/mol. The highest BCUT2D eigenvalue weighted by molar-refractivity contribution is 6.65. The van der Waals surface area contributed by atoms with Crippen LogP contribution in [-0.2, 0) is 38.1 Å². The smallest absolute Gasteiger partial charge is 0.379 e. The van der Waals surface area contributed by atoms with Crippen molar-refractivity contribution in [2.75, 3.05) is 93.7 Å². The molecule has 0 saturated heterocycles. The van der Waals surface area contributed by atoms with Crippen molar-refractivity contribution in [2.24, 2.45) is 11.5 Å². The van der Waals surface area contributed by atoms with Gasteiger partial charge in [0.05, 0.1) is 39.8 Å². The first-order valence-corrected chi connectivity index (χ1v) is 21.1. The summed E-state index contributed by atoms with van der Waals surface area (Å²) in [6.45, 7) is -8.45. The Labute approximate surface area is 470 Å². The van der Waals surface area contributed by atoms with Gasteiger partial charge in [0.2, 0.25) is 39.9 Å². The molecule has 0 aromatic carbocycles. The van der Waals surface area contributed by atoms with E-state index in [1.54, 1.807) is 0 Å². The van der Waals surface area contributed by atoms with E-state index in [-0.39, 0.29) is 13.3 Å². The number of amides is 2. The standard InChI is InChI=1S/C18H15F21N2O5.C5ClF9O2.C4H12N2O.2C2H5F.4CH2F2/c1-10(19,20)15(30,31)11(21,22)8(14(27,28)29)45-6(13(24,25)26)7(42)40-2-4-44-5-3-41-9(43)12(23,16(32,33)34)46-18(38,39)17(35,36)37;6-1(16)2(7,3(8,9)10)17-5(14,15)4(11,12)13;5-1-3-7-4-2-6;2*1-2-3;4*2-1-3/h6,8H,2-5H2,1H3,(H,40,42)(H,41,43);;1-6H2;2*2H2,1H3;4*1H2. The molecule has 4 atom stereocenters. The predicted octanol–water partition coefficient (Wildman–Crippen LogP) is 13.0. The Morgan fingerprint density at radius 2 is 0.716 bits per heavy atom. The Bertz CT molecular complexity index is 1740. The fraction of sp³-hybridized carbons (Fsp3) is 0.914. The van der Waals surface area contributed by atoms with Gasteiger partial charge in [0.25, 0.3) is 17.1 Å². The minimum absolute atomic E-state index is 0.250. The van der Waals surface area contributed by atoms with E-state index in [4.69, 9.17) is 16.2 Å². The first-order chi connectivity index (χ1) is 39.0. The lowest BCUT2D eigenvalue weighted by Crippen LogP contribution is -2.64. The summed E-state index contributed by atoms with van der Waals surface area (Å²) in [5.41, 5.74) is 10.2. The minimum Gasteiger partial charge on any atom is -0.379 e. The number of carbonyl (C=O) groups excluding carboxylic acids is 3. The molecule has 0 rings (SSSR count). The molecule has 88 heavy (non-hydrogen) atoms. The zero-order valence-electron chi connectivity index (χ0n) is 43.0. The van der Waals surface area contributed by atoms with E-state index in [0.29, 0.717) is 26.3 Å². The number of hydrogen-bond acceptors (Lipinski definition) is 10. The van der Waals surface area contributed by atoms with Crippen LogP contribution in [0.3, 0.4) is 0 Å². The normalized spacial score (nSPS) is 14.4. The lowest BCUT2D eigenvalue weighted by molar-refractivity contribution is -0.458. The van der Waals surface area contributed by atoms with Crippen LogP contribution in [0, 0.1) is 0 Å². The largest absolute Gasteiger partial charge is 0.483 e. The van der Waals surface area contributed by atoms with Gasteiger partial charge >= 0.3 is 78.8 Å². The molecule has 0 aromatic heterocycles. The topological polar surface area (TPSA) is 173 Å². The zero-order chi connectivity index (χ0) is 73.2. The van der Waals surface area contributed by atoms with Gasteiger partial charge in [0.15, 0.2) is 0 Å². The maximum absolute atomic E-state index is 13.8. The highest BCUT2D eigenvalue weighted by atomic mass is 35.5. The third-order valence-corrected chi connectivity index (χ3v) is 6.72. The molecule has 0 heterocycles. The summed E-state index contributed by atoms with van der Waals surface area (Å²) in [6.07, 6.45) is -64.2. The van der Waals surface area contributed by atoms with Gasteiger partial charge in [-0.2, -0.15) is 132 Å². The van der Waals surface area contributed by atoms with Gasteiger partial charge in [-0.05, 0) is 25.4 Å². The van der Waals surface area contributed by atoms with E-state index in [0.717, 1.165) is 10.6 Å². The van der Waals surface area contributed by atoms with Crippen molar-refractivity contribution in [3.8, 4) is 0 Å². The molecule has 12 nitrogen and oxygen atoms in total. The lowest BCUT2D eigenvalue weighted by atomic mass is 9.99. The molecule has 53 heteroatoms. The van der Waals surface area contributed by atoms with Crippen LogP contribution >= 0.6 is 11.6 Å². The molecule has 0 aliphatic carbocycles. The Hall–Kier alpha value is -4.18. The van der Waals surface area contributed by atoms with Gasteiger partial charge in [-0.25, -0.2) is 35.1 Å². The van der Waals surface area contributed by atoms with Gasteiger partial charge in [-0.1, -0.05) is 0 Å². The number of hydrogen-bond donors (Lipinski definition) is 4. The van der Waals surface area contributed by atoms with Gasteiger partial charge in [-0.15, -0.1) is 0 Å². The summed E-state index contributed by atoms with van der Waals surface area (Å²) in [4.78, 5) is 33.0. The highest BCUT2D eigenvalue weighted by Gasteiger charge is 2.78. The molecule has 4 unspecified atom stereocenters. The quantitative estimate of drug-likeness (QED) is 0.0464. The van der Waals surface area contributed by atoms with Gasteiger partial charge in [0.1, 0.15) is 0 Å². The molecular formula is C35H45ClF40N4O8. The molecule has 0 aliphatic heterocycles. The Morgan fingerprint density at radius 1 is 0.443 bits per heavy atom. The number of rotatable bonds is 22. The SMILES string of the molecule is CC(F)(F)C(F)(F)C(F)(F)C(OC(C(=O)NCCOCCNC(=O)C(F)(OC(F)(F)C(F)(F)F)C(F)(F)F)C(F)(F)F)C(F)(F)F.CCF.CCF.FCF.FCF.FCF.FCF.NCCOCCN.O=C(Cl)C(F)(OC(F)(F)C(F)(F)F)C(F)(F)F. The van der Waals surface area contributed by atoms with E-state index in [2.05, 4.69) is 21.1 Å². The van der Waals surface area contributed by atoms with Crippen molar-refractivity contribution >= 4 is 28.7 Å². The van der Waals surface area contributed by atoms with Crippen LogP contribution in [-0.4, -0.2) is 202 Å². The fourth-order valence-corrected chi connectivity index (χ4v) is 3.37. The predicted molar refractivity (Wildman–Crippen MR) is 214 cm³/mol. The van der Waals surface area contributed by atoms with Crippen LogP contribution in [0.5, 0.6) is 0 Å². The van der Waals surface area contributed by atoms with E-state index in [1.807, 2.05) is 9.47 Å². The summed E-state index contributed by atoms with van der Waals surface area (Å²) in [7, 11) is 0. The van der Waals surface area contributed by atoms with Crippen LogP contribution in [0.1, 0.15) is 20.8 Å². The molecule has 0 radical (unpaired) electrons. The van der Waals surface area contributed by atoms with Gasteiger partial charge in [0, 0.05) is 33.1 Å². The van der Waals surface area contributed by atoms with Gasteiger partial charge < -0.3 is 36.3 Å². The number of nitrogens with one attached hydrogen (secondary N) is 2. The first kappa shape index (κ1) is 103. The molecule has 0 spiro atoms. The molecule has 0 bridgehead atoms.